The van der Waals surface area contributed by atoms with Gasteiger partial charge >= 0.3 is 23.9 Å². The molecule has 0 unspecified atom stereocenters. The van der Waals surface area contributed by atoms with Gasteiger partial charge < -0.3 is 44.3 Å². The Kier molecular flexibility index (Phi) is 12.4. The van der Waals surface area contributed by atoms with E-state index in [4.69, 9.17) is 23.7 Å². The summed E-state index contributed by atoms with van der Waals surface area (Å²) in [5.74, 6) is -6.88. The topological polar surface area (TPSA) is 221 Å². The standard InChI is InChI=1S/C47H50BrNO14/c1-24-31(61-43(57)36(53)35(27-13-9-7-10-14-27)49-41(55)28-17-19-30(48)20-18-28)22-47(58)40(62-42(56)29-15-11-8-12-16-29)38-45(6,32(52)21-33-46(38,23-59-33)63-26(3)51)39(54)37(60-25(2)50)34(24)44(47,4)5/h7-20,31-33,35-38,40,52-53,58H,21-23H2,1-6H3,(H,49,55)/t31-,32-,33+,35-,36+,37+,38-,40-,45+,46-,47+/m0/s1. The van der Waals surface area contributed by atoms with Gasteiger partial charge in [0.1, 0.15) is 23.9 Å². The van der Waals surface area contributed by atoms with Crippen LogP contribution in [0.15, 0.2) is 101 Å². The molecule has 1 amide bonds. The molecular weight excluding hydrogens is 882 g/mol. The van der Waals surface area contributed by atoms with Crippen molar-refractivity contribution >= 4 is 51.5 Å². The summed E-state index contributed by atoms with van der Waals surface area (Å²) in [5.41, 5.74) is -7.08. The summed E-state index contributed by atoms with van der Waals surface area (Å²) in [6.07, 6.45) is -10.6. The summed E-state index contributed by atoms with van der Waals surface area (Å²) in [5, 5.41) is 40.3. The van der Waals surface area contributed by atoms with Crippen molar-refractivity contribution in [1.29, 1.82) is 0 Å². The molecule has 1 heterocycles. The summed E-state index contributed by atoms with van der Waals surface area (Å²) in [7, 11) is 0. The zero-order valence-corrected chi connectivity index (χ0v) is 37.1. The molecule has 0 radical (unpaired) electrons. The number of carbonyl (C=O) groups is 6. The molecule has 7 rings (SSSR count). The molecule has 3 fully saturated rings. The Bertz CT molecular complexity index is 2340. The maximum atomic E-state index is 15.5. The molecule has 0 aromatic heterocycles. The van der Waals surface area contributed by atoms with Gasteiger partial charge in [-0.15, -0.1) is 0 Å². The van der Waals surface area contributed by atoms with Gasteiger partial charge in [-0.05, 0) is 67.0 Å². The Morgan fingerprint density at radius 2 is 1.48 bits per heavy atom. The van der Waals surface area contributed by atoms with Gasteiger partial charge in [0.25, 0.3) is 5.91 Å². The van der Waals surface area contributed by atoms with E-state index in [0.717, 1.165) is 18.3 Å². The van der Waals surface area contributed by atoms with E-state index in [1.807, 2.05) is 0 Å². The first kappa shape index (κ1) is 45.8. The normalized spacial score (nSPS) is 31.6. The maximum absolute atomic E-state index is 15.5. The Morgan fingerprint density at radius 3 is 2.05 bits per heavy atom. The van der Waals surface area contributed by atoms with Crippen LogP contribution >= 0.6 is 15.9 Å². The van der Waals surface area contributed by atoms with Crippen LogP contribution in [0.5, 0.6) is 0 Å². The van der Waals surface area contributed by atoms with E-state index in [1.165, 1.54) is 26.0 Å². The third-order valence-electron chi connectivity index (χ3n) is 13.6. The quantitative estimate of drug-likeness (QED) is 0.125. The number of rotatable bonds is 10. The maximum Gasteiger partial charge on any atom is 0.338 e. The number of nitrogens with one attached hydrogen (secondary N) is 1. The Labute approximate surface area is 372 Å². The molecule has 1 aliphatic heterocycles. The average molecular weight is 933 g/mol. The van der Waals surface area contributed by atoms with Crippen molar-refractivity contribution in [2.45, 2.75) is 108 Å². The highest BCUT2D eigenvalue weighted by Crippen LogP contribution is 2.64. The summed E-state index contributed by atoms with van der Waals surface area (Å²) in [4.78, 5) is 83.6. The second kappa shape index (κ2) is 17.0. The number of hydrogen-bond donors (Lipinski definition) is 4. The fourth-order valence-electron chi connectivity index (χ4n) is 10.2. The summed E-state index contributed by atoms with van der Waals surface area (Å²) in [6, 6.07) is 21.2. The van der Waals surface area contributed by atoms with Crippen LogP contribution in [0.3, 0.4) is 0 Å². The number of ether oxygens (including phenoxy) is 5. The largest absolute Gasteiger partial charge is 0.456 e. The third kappa shape index (κ3) is 7.79. The van der Waals surface area contributed by atoms with Crippen LogP contribution in [0.4, 0.5) is 0 Å². The fourth-order valence-corrected chi connectivity index (χ4v) is 10.5. The highest BCUT2D eigenvalue weighted by molar-refractivity contribution is 9.10. The summed E-state index contributed by atoms with van der Waals surface area (Å²) < 4.78 is 31.0. The molecule has 4 N–H and O–H groups in total. The highest BCUT2D eigenvalue weighted by Gasteiger charge is 2.78. The predicted octanol–water partition coefficient (Wildman–Crippen LogP) is 4.50. The SMILES string of the molecule is CC(=O)O[C@H]1C(=O)[C@@]2(C)[C@H]([C@H](OC(=O)c3ccccc3)[C@]3(O)C[C@H](OC(=O)[C@H](O)[C@@H](NC(=O)c4ccc(Br)cc4)c4ccccc4)C(C)=C1C3(C)C)[C@]1(OC(C)=O)CO[C@@H]1C[C@@H]2O. The molecule has 15 nitrogen and oxygen atoms in total. The zero-order valence-electron chi connectivity index (χ0n) is 35.5. The lowest BCUT2D eigenvalue weighted by Crippen LogP contribution is -2.82. The first-order valence-corrected chi connectivity index (χ1v) is 21.4. The molecule has 3 aromatic carbocycles. The van der Waals surface area contributed by atoms with Crippen molar-refractivity contribution in [2.75, 3.05) is 6.61 Å². The summed E-state index contributed by atoms with van der Waals surface area (Å²) in [6.45, 7) is 7.96. The number of hydrogen-bond acceptors (Lipinski definition) is 14. The molecule has 2 saturated carbocycles. The van der Waals surface area contributed by atoms with Crippen molar-refractivity contribution in [1.82, 2.24) is 5.32 Å². The van der Waals surface area contributed by atoms with E-state index in [2.05, 4.69) is 21.2 Å². The lowest BCUT2D eigenvalue weighted by Gasteiger charge is -2.67. The van der Waals surface area contributed by atoms with E-state index in [1.54, 1.807) is 86.6 Å². The molecule has 3 aliphatic carbocycles. The summed E-state index contributed by atoms with van der Waals surface area (Å²) >= 11 is 3.34. The molecular formula is C47H50BrNO14. The average Bonchev–Trinajstić information content (AvgIpc) is 3.24. The minimum Gasteiger partial charge on any atom is -0.456 e. The Balaban J connectivity index is 1.38. The van der Waals surface area contributed by atoms with Crippen molar-refractivity contribution in [3.05, 3.63) is 117 Å². The molecule has 334 valence electrons. The van der Waals surface area contributed by atoms with Crippen LogP contribution in [0, 0.1) is 16.7 Å². The second-order valence-electron chi connectivity index (χ2n) is 17.5. The first-order chi connectivity index (χ1) is 29.7. The number of amides is 1. The number of aliphatic hydroxyl groups excluding tert-OH is 2. The van der Waals surface area contributed by atoms with Gasteiger partial charge in [-0.3, -0.25) is 19.2 Å². The first-order valence-electron chi connectivity index (χ1n) is 20.6. The minimum atomic E-state index is -2.40. The number of Topliss-reactive ketones (excluding diaryl/α,β-unsaturated/α-hetero) is 1. The fraction of sp³-hybridized carbons (Fsp3) is 0.447. The monoisotopic (exact) mass is 931 g/mol. The van der Waals surface area contributed by atoms with E-state index in [0.29, 0.717) is 5.56 Å². The number of aliphatic hydroxyl groups is 3. The van der Waals surface area contributed by atoms with Gasteiger partial charge in [0.15, 0.2) is 23.6 Å². The van der Waals surface area contributed by atoms with Crippen LogP contribution in [0.1, 0.15) is 86.7 Å². The lowest BCUT2D eigenvalue weighted by molar-refractivity contribution is -0.346. The third-order valence-corrected chi connectivity index (χ3v) is 14.1. The molecule has 0 spiro atoms. The van der Waals surface area contributed by atoms with E-state index in [9.17, 15) is 39.3 Å². The van der Waals surface area contributed by atoms with Crippen molar-refractivity contribution in [2.24, 2.45) is 16.7 Å². The van der Waals surface area contributed by atoms with Gasteiger partial charge in [0.2, 0.25) is 0 Å². The van der Waals surface area contributed by atoms with E-state index >= 15 is 4.79 Å². The molecule has 11 atom stereocenters. The minimum absolute atomic E-state index is 0.00644. The zero-order chi connectivity index (χ0) is 45.8. The van der Waals surface area contributed by atoms with E-state index < -0.39 is 113 Å². The van der Waals surface area contributed by atoms with Gasteiger partial charge in [0.05, 0.1) is 35.6 Å². The van der Waals surface area contributed by atoms with Crippen LogP contribution in [-0.4, -0.2) is 105 Å². The molecule has 4 aliphatic rings. The van der Waals surface area contributed by atoms with E-state index in [-0.39, 0.29) is 35.3 Å². The number of ketones is 1. The highest BCUT2D eigenvalue weighted by atomic mass is 79.9. The smallest absolute Gasteiger partial charge is 0.338 e. The van der Waals surface area contributed by atoms with Crippen LogP contribution in [0.25, 0.3) is 0 Å². The van der Waals surface area contributed by atoms with Crippen LogP contribution in [0.2, 0.25) is 0 Å². The lowest BCUT2D eigenvalue weighted by atomic mass is 9.44. The molecule has 63 heavy (non-hydrogen) atoms. The van der Waals surface area contributed by atoms with Gasteiger partial charge in [0, 0.05) is 42.1 Å². The van der Waals surface area contributed by atoms with Crippen molar-refractivity contribution < 1.29 is 67.8 Å². The Morgan fingerprint density at radius 1 is 0.857 bits per heavy atom. The second-order valence-corrected chi connectivity index (χ2v) is 18.4. The number of carbonyl (C=O) groups excluding carboxylic acids is 6. The number of benzene rings is 3. The number of esters is 4. The van der Waals surface area contributed by atoms with Crippen molar-refractivity contribution in [3.63, 3.8) is 0 Å². The molecule has 2 bridgehead atoms. The van der Waals surface area contributed by atoms with Gasteiger partial charge in [-0.25, -0.2) is 9.59 Å². The van der Waals surface area contributed by atoms with Gasteiger partial charge in [-0.2, -0.15) is 0 Å². The van der Waals surface area contributed by atoms with Gasteiger partial charge in [-0.1, -0.05) is 78.3 Å². The number of halogens is 1. The Hall–Kier alpha value is -5.26. The van der Waals surface area contributed by atoms with Crippen molar-refractivity contribution in [3.8, 4) is 0 Å². The van der Waals surface area contributed by atoms with Crippen LogP contribution in [-0.2, 0) is 42.9 Å². The molecule has 3 aromatic rings. The van der Waals surface area contributed by atoms with Crippen LogP contribution < -0.4 is 5.32 Å². The predicted molar refractivity (Wildman–Crippen MR) is 225 cm³/mol. The number of fused-ring (bicyclic) bond motifs is 5. The molecule has 1 saturated heterocycles. The molecule has 16 heteroatoms.